The molecule has 1 saturated carbocycles. The Balaban J connectivity index is 1.17. The Labute approximate surface area is 282 Å². The minimum absolute atomic E-state index is 0.0228. The molecule has 2 saturated heterocycles. The molecule has 47 heavy (non-hydrogen) atoms. The minimum atomic E-state index is -0.794. The Kier molecular flexibility index (Phi) is 21.2. The first-order valence-corrected chi connectivity index (χ1v) is 18.8. The lowest BCUT2D eigenvalue weighted by Crippen LogP contribution is -2.48. The first-order valence-electron chi connectivity index (χ1n) is 18.8. The monoisotopic (exact) mass is 668 g/mol. The van der Waals surface area contributed by atoms with Crippen LogP contribution in [0.3, 0.4) is 0 Å². The summed E-state index contributed by atoms with van der Waals surface area (Å²) in [5.41, 5.74) is 0. The van der Waals surface area contributed by atoms with Gasteiger partial charge < -0.3 is 29.6 Å². The van der Waals surface area contributed by atoms with Crippen LogP contribution in [-0.2, 0) is 28.5 Å². The van der Waals surface area contributed by atoms with E-state index in [0.717, 1.165) is 136 Å². The number of nitrogens with one attached hydrogen (secondary N) is 2. The van der Waals surface area contributed by atoms with Gasteiger partial charge in [0.25, 0.3) is 11.8 Å². The van der Waals surface area contributed by atoms with Gasteiger partial charge in [0, 0.05) is 38.5 Å². The van der Waals surface area contributed by atoms with Crippen LogP contribution in [0.2, 0.25) is 0 Å². The van der Waals surface area contributed by atoms with E-state index in [1.54, 1.807) is 0 Å². The molecule has 2 amide bonds. The van der Waals surface area contributed by atoms with Crippen molar-refractivity contribution in [3.63, 3.8) is 0 Å². The number of hydrogen-bond donors (Lipinski definition) is 2. The maximum Gasteiger partial charge on any atom is 0.279 e. The summed E-state index contributed by atoms with van der Waals surface area (Å²) in [6.07, 6.45) is 24.5. The molecule has 0 aromatic carbocycles. The summed E-state index contributed by atoms with van der Waals surface area (Å²) in [7, 11) is 0. The first kappa shape index (κ1) is 39.6. The first-order chi connectivity index (χ1) is 23.0. The minimum Gasteiger partial charge on any atom is -0.353 e. The van der Waals surface area contributed by atoms with E-state index in [0.29, 0.717) is 25.7 Å². The maximum atomic E-state index is 14.5. The van der Waals surface area contributed by atoms with Crippen molar-refractivity contribution in [3.05, 3.63) is 23.8 Å². The van der Waals surface area contributed by atoms with E-state index in [1.165, 1.54) is 25.0 Å². The van der Waals surface area contributed by atoms with Crippen molar-refractivity contribution in [2.24, 2.45) is 0 Å². The van der Waals surface area contributed by atoms with E-state index in [2.05, 4.69) is 10.6 Å². The molecular formula is C37H62F2N2O6. The molecule has 3 aliphatic rings. The van der Waals surface area contributed by atoms with Gasteiger partial charge in [0.1, 0.15) is 0 Å². The number of halogens is 2. The predicted octanol–water partition coefficient (Wildman–Crippen LogP) is 8.39. The van der Waals surface area contributed by atoms with Gasteiger partial charge in [0.2, 0.25) is 0 Å². The number of amides is 2. The van der Waals surface area contributed by atoms with E-state index in [1.807, 2.05) is 0 Å². The van der Waals surface area contributed by atoms with Crippen molar-refractivity contribution in [3.8, 4) is 0 Å². The Hall–Kier alpha value is -1.88. The topological polar surface area (TPSA) is 95.1 Å². The molecule has 2 aliphatic heterocycles. The average molecular weight is 669 g/mol. The van der Waals surface area contributed by atoms with Crippen LogP contribution in [0, 0.1) is 0 Å². The molecule has 0 aromatic heterocycles. The van der Waals surface area contributed by atoms with E-state index in [4.69, 9.17) is 18.9 Å². The quantitative estimate of drug-likeness (QED) is 0.0793. The summed E-state index contributed by atoms with van der Waals surface area (Å²) in [4.78, 5) is 24.9. The fraction of sp³-hybridized carbons (Fsp3) is 0.838. The van der Waals surface area contributed by atoms with Crippen LogP contribution in [0.5, 0.6) is 0 Å². The normalized spacial score (nSPS) is 24.0. The fourth-order valence-electron chi connectivity index (χ4n) is 6.45. The second-order valence-corrected chi connectivity index (χ2v) is 13.3. The molecule has 10 heteroatoms. The zero-order valence-electron chi connectivity index (χ0n) is 28.8. The SMILES string of the molecule is O=C(N[C@H]1CCC[C@H]1NC(=O)/C(F)=C\CCCCCCCCOC1CCCCO1)/C(F)=C\CCCCCCCCOC1CCCCO1. The Morgan fingerprint density at radius 2 is 0.957 bits per heavy atom. The molecule has 2 unspecified atom stereocenters. The van der Waals surface area contributed by atoms with E-state index < -0.39 is 35.6 Å². The third-order valence-electron chi connectivity index (χ3n) is 9.31. The molecule has 0 radical (unpaired) electrons. The summed E-state index contributed by atoms with van der Waals surface area (Å²) in [5.74, 6) is -3.12. The van der Waals surface area contributed by atoms with Crippen LogP contribution < -0.4 is 10.6 Å². The highest BCUT2D eigenvalue weighted by atomic mass is 19.1. The molecule has 0 bridgehead atoms. The summed E-state index contributed by atoms with van der Waals surface area (Å²) >= 11 is 0. The third-order valence-corrected chi connectivity index (χ3v) is 9.31. The predicted molar refractivity (Wildman–Crippen MR) is 180 cm³/mol. The standard InChI is InChI=1S/C37H62F2N2O6/c38-30(20-11-7-3-1-5-9-15-26-44-34-24-13-17-28-46-34)36(42)40-32-22-19-23-33(32)41-37(43)31(39)21-12-8-4-2-6-10-16-27-45-35-25-14-18-29-47-35/h20-21,32-35H,1-19,22-29H2,(H,40,42)(H,41,43)/b30-20+,31-21+/t32-,33+,34?,35?. The molecule has 2 heterocycles. The van der Waals surface area contributed by atoms with Crippen molar-refractivity contribution in [1.82, 2.24) is 10.6 Å². The molecule has 1 aliphatic carbocycles. The number of hydrogen-bond acceptors (Lipinski definition) is 6. The maximum absolute atomic E-state index is 14.5. The van der Waals surface area contributed by atoms with Crippen molar-refractivity contribution in [1.29, 1.82) is 0 Å². The van der Waals surface area contributed by atoms with Gasteiger partial charge in [-0.3, -0.25) is 9.59 Å². The zero-order chi connectivity index (χ0) is 33.4. The number of carbonyl (C=O) groups excluding carboxylic acids is 2. The summed E-state index contributed by atoms with van der Waals surface area (Å²) < 4.78 is 51.6. The summed E-state index contributed by atoms with van der Waals surface area (Å²) in [6.45, 7) is 3.08. The highest BCUT2D eigenvalue weighted by Crippen LogP contribution is 2.21. The van der Waals surface area contributed by atoms with Gasteiger partial charge in [-0.15, -0.1) is 0 Å². The number of ether oxygens (including phenoxy) is 4. The third kappa shape index (κ3) is 17.9. The van der Waals surface area contributed by atoms with Crippen LogP contribution in [0.1, 0.15) is 148 Å². The van der Waals surface area contributed by atoms with Crippen molar-refractivity contribution >= 4 is 11.8 Å². The van der Waals surface area contributed by atoms with E-state index >= 15 is 0 Å². The molecule has 3 rings (SSSR count). The van der Waals surface area contributed by atoms with Crippen LogP contribution in [-0.4, -0.2) is 62.9 Å². The van der Waals surface area contributed by atoms with Gasteiger partial charge in [0.15, 0.2) is 24.2 Å². The smallest absolute Gasteiger partial charge is 0.279 e. The lowest BCUT2D eigenvalue weighted by Gasteiger charge is -2.22. The van der Waals surface area contributed by atoms with Crippen LogP contribution >= 0.6 is 0 Å². The van der Waals surface area contributed by atoms with Gasteiger partial charge in [-0.25, -0.2) is 8.78 Å². The molecule has 270 valence electrons. The second kappa shape index (κ2) is 25.1. The Morgan fingerprint density at radius 1 is 0.553 bits per heavy atom. The van der Waals surface area contributed by atoms with E-state index in [9.17, 15) is 18.4 Å². The molecule has 2 N–H and O–H groups in total. The van der Waals surface area contributed by atoms with Crippen molar-refractivity contribution in [2.45, 2.75) is 172 Å². The summed E-state index contributed by atoms with van der Waals surface area (Å²) in [6, 6.07) is -0.819. The lowest BCUT2D eigenvalue weighted by atomic mass is 10.1. The van der Waals surface area contributed by atoms with Gasteiger partial charge in [-0.05, 0) is 108 Å². The average Bonchev–Trinajstić information content (AvgIpc) is 3.52. The van der Waals surface area contributed by atoms with E-state index in [-0.39, 0.29) is 12.6 Å². The molecule has 4 atom stereocenters. The van der Waals surface area contributed by atoms with Crippen molar-refractivity contribution < 1.29 is 37.3 Å². The molecule has 0 spiro atoms. The molecule has 8 nitrogen and oxygen atoms in total. The van der Waals surface area contributed by atoms with Crippen LogP contribution in [0.4, 0.5) is 8.78 Å². The number of allylic oxidation sites excluding steroid dienone is 2. The van der Waals surface area contributed by atoms with Crippen LogP contribution in [0.15, 0.2) is 23.8 Å². The summed E-state index contributed by atoms with van der Waals surface area (Å²) in [5, 5.41) is 5.41. The highest BCUT2D eigenvalue weighted by Gasteiger charge is 2.31. The number of unbranched alkanes of at least 4 members (excludes halogenated alkanes) is 12. The van der Waals surface area contributed by atoms with Gasteiger partial charge in [-0.1, -0.05) is 51.4 Å². The highest BCUT2D eigenvalue weighted by molar-refractivity contribution is 5.92. The fourth-order valence-corrected chi connectivity index (χ4v) is 6.45. The second-order valence-electron chi connectivity index (χ2n) is 13.3. The Morgan fingerprint density at radius 3 is 1.36 bits per heavy atom. The Bertz CT molecular complexity index is 849. The lowest BCUT2D eigenvalue weighted by molar-refractivity contribution is -0.163. The van der Waals surface area contributed by atoms with Gasteiger partial charge in [0.05, 0.1) is 0 Å². The molecular weight excluding hydrogens is 606 g/mol. The molecule has 0 aromatic rings. The largest absolute Gasteiger partial charge is 0.353 e. The number of carbonyl (C=O) groups is 2. The van der Waals surface area contributed by atoms with Crippen molar-refractivity contribution in [2.75, 3.05) is 26.4 Å². The van der Waals surface area contributed by atoms with Gasteiger partial charge in [-0.2, -0.15) is 0 Å². The van der Waals surface area contributed by atoms with Gasteiger partial charge >= 0.3 is 0 Å². The zero-order valence-corrected chi connectivity index (χ0v) is 28.8. The number of rotatable bonds is 24. The molecule has 3 fully saturated rings. The van der Waals surface area contributed by atoms with Crippen LogP contribution in [0.25, 0.3) is 0 Å².